The molecule has 2 N–H and O–H groups in total. The standard InChI is InChI=1S/C25H29F2NO4S/c26-25(27)17-19(12-13-20(29)10-5-4-9-18-7-2-1-3-8-18)28(24(25)32)16-6-11-21-14-15-22(33-21)23(30)31/h1-3,7-8,12-15,19-20,29H,4-6,9-11,16-17H2,(H,30,31)/b13-12+. The third-order valence-corrected chi connectivity index (χ3v) is 6.88. The van der Waals surface area contributed by atoms with Gasteiger partial charge in [-0.2, -0.15) is 8.78 Å². The molecule has 1 aromatic heterocycles. The topological polar surface area (TPSA) is 77.8 Å². The Hall–Kier alpha value is -2.58. The predicted octanol–water partition coefficient (Wildman–Crippen LogP) is 4.95. The van der Waals surface area contributed by atoms with Gasteiger partial charge in [0.2, 0.25) is 0 Å². The lowest BCUT2D eigenvalue weighted by Gasteiger charge is -2.22. The summed E-state index contributed by atoms with van der Waals surface area (Å²) in [6.07, 6.45) is 5.86. The van der Waals surface area contributed by atoms with Crippen LogP contribution in [0.2, 0.25) is 0 Å². The first kappa shape index (κ1) is 25.1. The fourth-order valence-electron chi connectivity index (χ4n) is 3.99. The highest BCUT2D eigenvalue weighted by atomic mass is 32.1. The molecule has 2 atom stereocenters. The van der Waals surface area contributed by atoms with E-state index in [1.54, 1.807) is 6.07 Å². The third kappa shape index (κ3) is 7.20. The first-order valence-corrected chi connectivity index (χ1v) is 12.0. The van der Waals surface area contributed by atoms with Gasteiger partial charge in [-0.15, -0.1) is 11.3 Å². The van der Waals surface area contributed by atoms with Crippen LogP contribution in [0.5, 0.6) is 0 Å². The van der Waals surface area contributed by atoms with Gasteiger partial charge in [0, 0.05) is 17.8 Å². The average Bonchev–Trinajstić information content (AvgIpc) is 3.34. The first-order chi connectivity index (χ1) is 15.8. The maximum atomic E-state index is 14.1. The minimum Gasteiger partial charge on any atom is -0.477 e. The first-order valence-electron chi connectivity index (χ1n) is 11.2. The largest absolute Gasteiger partial charge is 0.477 e. The van der Waals surface area contributed by atoms with Crippen molar-refractivity contribution in [3.05, 3.63) is 69.9 Å². The van der Waals surface area contributed by atoms with Crippen LogP contribution in [0.3, 0.4) is 0 Å². The van der Waals surface area contributed by atoms with E-state index in [4.69, 9.17) is 5.11 Å². The van der Waals surface area contributed by atoms with Gasteiger partial charge in [0.15, 0.2) is 0 Å². The van der Waals surface area contributed by atoms with Crippen molar-refractivity contribution < 1.29 is 28.6 Å². The van der Waals surface area contributed by atoms with Gasteiger partial charge < -0.3 is 15.1 Å². The third-order valence-electron chi connectivity index (χ3n) is 5.75. The minimum atomic E-state index is -3.41. The maximum Gasteiger partial charge on any atom is 0.345 e. The monoisotopic (exact) mass is 477 g/mol. The number of likely N-dealkylation sites (tertiary alicyclic amines) is 1. The van der Waals surface area contributed by atoms with E-state index in [9.17, 15) is 23.5 Å². The normalized spacial score (nSPS) is 18.8. The van der Waals surface area contributed by atoms with Crippen molar-refractivity contribution in [3.63, 3.8) is 0 Å². The van der Waals surface area contributed by atoms with Crippen molar-refractivity contribution in [1.29, 1.82) is 0 Å². The Balaban J connectivity index is 1.47. The van der Waals surface area contributed by atoms with Gasteiger partial charge in [0.1, 0.15) is 4.88 Å². The van der Waals surface area contributed by atoms with Crippen molar-refractivity contribution in [3.8, 4) is 0 Å². The number of rotatable bonds is 12. The summed E-state index contributed by atoms with van der Waals surface area (Å²) in [5.41, 5.74) is 1.24. The Morgan fingerprint density at radius 1 is 1.15 bits per heavy atom. The van der Waals surface area contributed by atoms with Crippen molar-refractivity contribution in [2.24, 2.45) is 0 Å². The van der Waals surface area contributed by atoms with Crippen LogP contribution in [0.1, 0.15) is 52.2 Å². The van der Waals surface area contributed by atoms with Crippen LogP contribution in [-0.4, -0.2) is 51.6 Å². The molecule has 33 heavy (non-hydrogen) atoms. The van der Waals surface area contributed by atoms with Crippen LogP contribution in [-0.2, 0) is 17.6 Å². The number of hydrogen-bond donors (Lipinski definition) is 2. The summed E-state index contributed by atoms with van der Waals surface area (Å²) in [5.74, 6) is -5.59. The Kier molecular flexibility index (Phi) is 8.74. The molecular formula is C25H29F2NO4S. The summed E-state index contributed by atoms with van der Waals surface area (Å²) in [4.78, 5) is 25.4. The molecule has 1 aliphatic rings. The number of thiophene rings is 1. The average molecular weight is 478 g/mol. The van der Waals surface area contributed by atoms with Gasteiger partial charge in [-0.25, -0.2) is 4.79 Å². The zero-order chi connectivity index (χ0) is 23.8. The molecule has 2 heterocycles. The van der Waals surface area contributed by atoms with Crippen molar-refractivity contribution >= 4 is 23.2 Å². The maximum absolute atomic E-state index is 14.1. The van der Waals surface area contributed by atoms with E-state index in [0.29, 0.717) is 19.3 Å². The molecule has 2 aromatic rings. The summed E-state index contributed by atoms with van der Waals surface area (Å²) in [6.45, 7) is 0.150. The molecular weight excluding hydrogens is 448 g/mol. The van der Waals surface area contributed by atoms with E-state index in [1.165, 1.54) is 28.7 Å². The van der Waals surface area contributed by atoms with Crippen LogP contribution in [0, 0.1) is 0 Å². The number of carboxylic acid groups (broad SMARTS) is 1. The highest BCUT2D eigenvalue weighted by molar-refractivity contribution is 7.13. The SMILES string of the molecule is O=C(O)c1ccc(CCCN2C(=O)C(F)(F)CC2/C=C/C(O)CCCCc2ccccc2)s1. The Labute approximate surface area is 196 Å². The number of halogens is 2. The number of aliphatic hydroxyl groups excluding tert-OH is 1. The zero-order valence-electron chi connectivity index (χ0n) is 18.3. The number of aromatic carboxylic acids is 1. The quantitative estimate of drug-likeness (QED) is 0.335. The van der Waals surface area contributed by atoms with Crippen LogP contribution in [0.25, 0.3) is 0 Å². The molecule has 1 aromatic carbocycles. The number of carbonyl (C=O) groups excluding carboxylic acids is 1. The van der Waals surface area contributed by atoms with Crippen LogP contribution in [0.4, 0.5) is 8.78 Å². The van der Waals surface area contributed by atoms with E-state index in [-0.39, 0.29) is 11.4 Å². The Morgan fingerprint density at radius 3 is 2.61 bits per heavy atom. The van der Waals surface area contributed by atoms with Crippen LogP contribution in [0.15, 0.2) is 54.6 Å². The number of amides is 1. The van der Waals surface area contributed by atoms with Crippen LogP contribution >= 0.6 is 11.3 Å². The Morgan fingerprint density at radius 2 is 1.91 bits per heavy atom. The molecule has 0 spiro atoms. The molecule has 1 fully saturated rings. The zero-order valence-corrected chi connectivity index (χ0v) is 19.1. The van der Waals surface area contributed by atoms with E-state index in [0.717, 1.165) is 35.5 Å². The van der Waals surface area contributed by atoms with E-state index >= 15 is 0 Å². The van der Waals surface area contributed by atoms with Gasteiger partial charge in [0.05, 0.1) is 12.1 Å². The van der Waals surface area contributed by atoms with Gasteiger partial charge in [0.25, 0.3) is 5.91 Å². The molecule has 0 radical (unpaired) electrons. The summed E-state index contributed by atoms with van der Waals surface area (Å²) >= 11 is 1.15. The Bertz CT molecular complexity index is 960. The molecule has 8 heteroatoms. The fraction of sp³-hybridized carbons (Fsp3) is 0.440. The second-order valence-corrected chi connectivity index (χ2v) is 9.50. The van der Waals surface area contributed by atoms with Gasteiger partial charge in [-0.3, -0.25) is 4.79 Å². The van der Waals surface area contributed by atoms with E-state index < -0.39 is 36.4 Å². The molecule has 3 rings (SSSR count). The highest BCUT2D eigenvalue weighted by Gasteiger charge is 2.52. The second kappa shape index (κ2) is 11.5. The number of alkyl halides is 2. The van der Waals surface area contributed by atoms with Crippen molar-refractivity contribution in [2.45, 2.75) is 63.0 Å². The minimum absolute atomic E-state index is 0.150. The molecule has 1 aliphatic heterocycles. The number of carboxylic acids is 1. The molecule has 1 saturated heterocycles. The lowest BCUT2D eigenvalue weighted by atomic mass is 10.0. The molecule has 0 saturated carbocycles. The summed E-state index contributed by atoms with van der Waals surface area (Å²) in [7, 11) is 0. The molecule has 0 aliphatic carbocycles. The number of aryl methyl sites for hydroxylation is 2. The number of nitrogens with zero attached hydrogens (tertiary/aromatic N) is 1. The van der Waals surface area contributed by atoms with Gasteiger partial charge in [-0.05, 0) is 49.8 Å². The summed E-state index contributed by atoms with van der Waals surface area (Å²) < 4.78 is 28.1. The number of aliphatic hydroxyl groups is 1. The highest BCUT2D eigenvalue weighted by Crippen LogP contribution is 2.34. The lowest BCUT2D eigenvalue weighted by Crippen LogP contribution is -2.36. The molecule has 5 nitrogen and oxygen atoms in total. The molecule has 0 bridgehead atoms. The number of unbranched alkanes of at least 4 members (excludes halogenated alkanes) is 1. The van der Waals surface area contributed by atoms with Crippen LogP contribution < -0.4 is 0 Å². The lowest BCUT2D eigenvalue weighted by molar-refractivity contribution is -0.148. The van der Waals surface area contributed by atoms with E-state index in [2.05, 4.69) is 12.1 Å². The van der Waals surface area contributed by atoms with Crippen molar-refractivity contribution in [2.75, 3.05) is 6.54 Å². The van der Waals surface area contributed by atoms with E-state index in [1.807, 2.05) is 18.2 Å². The molecule has 178 valence electrons. The second-order valence-electron chi connectivity index (χ2n) is 8.33. The van der Waals surface area contributed by atoms with Gasteiger partial charge >= 0.3 is 11.9 Å². The summed E-state index contributed by atoms with van der Waals surface area (Å²) in [5, 5.41) is 19.2. The summed E-state index contributed by atoms with van der Waals surface area (Å²) in [6, 6.07) is 12.5. The molecule has 2 unspecified atom stereocenters. The van der Waals surface area contributed by atoms with Crippen molar-refractivity contribution in [1.82, 2.24) is 4.90 Å². The number of hydrogen-bond acceptors (Lipinski definition) is 4. The smallest absolute Gasteiger partial charge is 0.345 e. The molecule has 1 amide bonds. The number of benzene rings is 1. The van der Waals surface area contributed by atoms with Gasteiger partial charge in [-0.1, -0.05) is 48.9 Å². The predicted molar refractivity (Wildman–Crippen MR) is 124 cm³/mol. The number of carbonyl (C=O) groups is 2. The fourth-order valence-corrected chi connectivity index (χ4v) is 4.88.